The molecule has 0 saturated carbocycles. The summed E-state index contributed by atoms with van der Waals surface area (Å²) in [5, 5.41) is 17.5. The van der Waals surface area contributed by atoms with Crippen LogP contribution in [-0.2, 0) is 9.59 Å². The lowest BCUT2D eigenvalue weighted by Crippen LogP contribution is -2.47. The molecular weight excluding hydrogens is 210 g/mol. The van der Waals surface area contributed by atoms with E-state index < -0.39 is 11.5 Å². The maximum atomic E-state index is 11.7. The zero-order chi connectivity index (χ0) is 12.8. The van der Waals surface area contributed by atoms with Crippen LogP contribution in [0.2, 0.25) is 0 Å². The van der Waals surface area contributed by atoms with Crippen molar-refractivity contribution in [1.29, 1.82) is 0 Å². The van der Waals surface area contributed by atoms with Crippen molar-refractivity contribution in [3.63, 3.8) is 0 Å². The van der Waals surface area contributed by atoms with Crippen molar-refractivity contribution in [1.82, 2.24) is 4.90 Å². The highest BCUT2D eigenvalue weighted by Gasteiger charge is 2.26. The number of aliphatic hydroxyl groups excluding tert-OH is 1. The average Bonchev–Trinajstić information content (AvgIpc) is 2.22. The number of nitrogens with zero attached hydrogens (tertiary/aromatic N) is 1. The van der Waals surface area contributed by atoms with E-state index in [0.29, 0.717) is 19.3 Å². The molecular formula is C11H21NO4. The van der Waals surface area contributed by atoms with Crippen LogP contribution in [-0.4, -0.2) is 46.2 Å². The van der Waals surface area contributed by atoms with Crippen molar-refractivity contribution in [2.75, 3.05) is 13.7 Å². The van der Waals surface area contributed by atoms with Crippen molar-refractivity contribution in [3.05, 3.63) is 0 Å². The third kappa shape index (κ3) is 5.11. The molecule has 0 radical (unpaired) electrons. The van der Waals surface area contributed by atoms with E-state index in [1.165, 1.54) is 4.90 Å². The number of unbranched alkanes of at least 4 members (excludes halogenated alkanes) is 1. The highest BCUT2D eigenvalue weighted by Crippen LogP contribution is 2.13. The van der Waals surface area contributed by atoms with E-state index in [0.717, 1.165) is 0 Å². The zero-order valence-electron chi connectivity index (χ0n) is 10.2. The molecule has 5 nitrogen and oxygen atoms in total. The summed E-state index contributed by atoms with van der Waals surface area (Å²) in [4.78, 5) is 23.4. The number of carboxylic acid groups (broad SMARTS) is 1. The largest absolute Gasteiger partial charge is 0.481 e. The minimum Gasteiger partial charge on any atom is -0.481 e. The second-order valence-corrected chi connectivity index (χ2v) is 4.52. The molecule has 0 spiro atoms. The second kappa shape index (κ2) is 6.48. The van der Waals surface area contributed by atoms with Gasteiger partial charge >= 0.3 is 5.97 Å². The minimum atomic E-state index is -0.837. The van der Waals surface area contributed by atoms with Crippen molar-refractivity contribution in [2.45, 2.75) is 45.1 Å². The summed E-state index contributed by atoms with van der Waals surface area (Å²) in [6.45, 7) is 3.47. The summed E-state index contributed by atoms with van der Waals surface area (Å²) >= 11 is 0. The average molecular weight is 231 g/mol. The van der Waals surface area contributed by atoms with Gasteiger partial charge in [0.25, 0.3) is 0 Å². The lowest BCUT2D eigenvalue weighted by Gasteiger charge is -2.34. The van der Waals surface area contributed by atoms with Crippen LogP contribution in [0.4, 0.5) is 0 Å². The highest BCUT2D eigenvalue weighted by molar-refractivity contribution is 5.76. The molecule has 1 amide bonds. The molecule has 0 bridgehead atoms. The van der Waals surface area contributed by atoms with Gasteiger partial charge in [0.1, 0.15) is 0 Å². The van der Waals surface area contributed by atoms with Gasteiger partial charge in [-0.15, -0.1) is 0 Å². The van der Waals surface area contributed by atoms with Gasteiger partial charge in [0, 0.05) is 19.9 Å². The quantitative estimate of drug-likeness (QED) is 0.637. The number of hydrogen-bond donors (Lipinski definition) is 2. The number of rotatable bonds is 7. The molecule has 0 aliphatic rings. The third-order valence-electron chi connectivity index (χ3n) is 2.70. The molecule has 16 heavy (non-hydrogen) atoms. The van der Waals surface area contributed by atoms with Crippen LogP contribution in [0.1, 0.15) is 39.5 Å². The first-order valence-electron chi connectivity index (χ1n) is 5.40. The standard InChI is InChI=1S/C11H21NO4/c1-11(2,8-13)12(3)9(14)6-4-5-7-10(15)16/h13H,4-8H2,1-3H3,(H,15,16). The van der Waals surface area contributed by atoms with E-state index in [2.05, 4.69) is 0 Å². The van der Waals surface area contributed by atoms with E-state index in [4.69, 9.17) is 10.2 Å². The van der Waals surface area contributed by atoms with Gasteiger partial charge in [0.2, 0.25) is 5.91 Å². The molecule has 0 heterocycles. The number of hydrogen-bond acceptors (Lipinski definition) is 3. The molecule has 0 aliphatic carbocycles. The fraction of sp³-hybridized carbons (Fsp3) is 0.818. The number of amides is 1. The van der Waals surface area contributed by atoms with Crippen LogP contribution < -0.4 is 0 Å². The molecule has 0 aromatic carbocycles. The van der Waals surface area contributed by atoms with Gasteiger partial charge in [-0.05, 0) is 26.7 Å². The van der Waals surface area contributed by atoms with E-state index in [9.17, 15) is 9.59 Å². The molecule has 0 atom stereocenters. The monoisotopic (exact) mass is 231 g/mol. The van der Waals surface area contributed by atoms with Crippen LogP contribution >= 0.6 is 0 Å². The van der Waals surface area contributed by atoms with Gasteiger partial charge in [0.15, 0.2) is 0 Å². The molecule has 0 aromatic heterocycles. The van der Waals surface area contributed by atoms with Crippen LogP contribution in [0.15, 0.2) is 0 Å². The van der Waals surface area contributed by atoms with Crippen molar-refractivity contribution in [2.24, 2.45) is 0 Å². The fourth-order valence-corrected chi connectivity index (χ4v) is 1.16. The van der Waals surface area contributed by atoms with Gasteiger partial charge in [-0.25, -0.2) is 0 Å². The number of carboxylic acids is 1. The Morgan fingerprint density at radius 2 is 1.69 bits per heavy atom. The minimum absolute atomic E-state index is 0.0653. The SMILES string of the molecule is CN(C(=O)CCCCC(=O)O)C(C)(C)CO. The smallest absolute Gasteiger partial charge is 0.303 e. The number of carbonyl (C=O) groups excluding carboxylic acids is 1. The first-order chi connectivity index (χ1) is 7.31. The Kier molecular flexibility index (Phi) is 6.03. The van der Waals surface area contributed by atoms with Crippen molar-refractivity contribution < 1.29 is 19.8 Å². The number of likely N-dealkylation sites (N-methyl/N-ethyl adjacent to an activating group) is 1. The van der Waals surface area contributed by atoms with Crippen LogP contribution in [0, 0.1) is 0 Å². The Morgan fingerprint density at radius 3 is 2.12 bits per heavy atom. The predicted molar refractivity (Wildman–Crippen MR) is 60.0 cm³/mol. The molecule has 0 aliphatic heterocycles. The molecule has 0 unspecified atom stereocenters. The normalized spacial score (nSPS) is 11.2. The molecule has 0 fully saturated rings. The maximum absolute atomic E-state index is 11.7. The predicted octanol–water partition coefficient (Wildman–Crippen LogP) is 0.861. The Labute approximate surface area is 96.1 Å². The molecule has 94 valence electrons. The Morgan fingerprint density at radius 1 is 1.19 bits per heavy atom. The number of carbonyl (C=O) groups is 2. The zero-order valence-corrected chi connectivity index (χ0v) is 10.2. The fourth-order valence-electron chi connectivity index (χ4n) is 1.16. The summed E-state index contributed by atoms with van der Waals surface area (Å²) in [7, 11) is 1.65. The third-order valence-corrected chi connectivity index (χ3v) is 2.70. The highest BCUT2D eigenvalue weighted by atomic mass is 16.4. The molecule has 0 rings (SSSR count). The first-order valence-corrected chi connectivity index (χ1v) is 5.40. The van der Waals surface area contributed by atoms with Gasteiger partial charge in [0.05, 0.1) is 12.1 Å². The number of aliphatic hydroxyl groups is 1. The number of aliphatic carboxylic acids is 1. The second-order valence-electron chi connectivity index (χ2n) is 4.52. The Balaban J connectivity index is 3.93. The van der Waals surface area contributed by atoms with Crippen molar-refractivity contribution in [3.8, 4) is 0 Å². The summed E-state index contributed by atoms with van der Waals surface area (Å²) in [6, 6.07) is 0. The Hall–Kier alpha value is -1.10. The molecule has 5 heteroatoms. The first kappa shape index (κ1) is 14.9. The van der Waals surface area contributed by atoms with Crippen LogP contribution in [0.3, 0.4) is 0 Å². The van der Waals surface area contributed by atoms with Crippen molar-refractivity contribution >= 4 is 11.9 Å². The van der Waals surface area contributed by atoms with Crippen LogP contribution in [0.25, 0.3) is 0 Å². The summed E-state index contributed by atoms with van der Waals surface area (Å²) in [6.07, 6.45) is 1.50. The lowest BCUT2D eigenvalue weighted by atomic mass is 10.0. The van der Waals surface area contributed by atoms with Crippen LogP contribution in [0.5, 0.6) is 0 Å². The van der Waals surface area contributed by atoms with Gasteiger partial charge in [-0.2, -0.15) is 0 Å². The van der Waals surface area contributed by atoms with E-state index >= 15 is 0 Å². The van der Waals surface area contributed by atoms with Gasteiger partial charge in [-0.3, -0.25) is 9.59 Å². The molecule has 2 N–H and O–H groups in total. The summed E-state index contributed by atoms with van der Waals surface area (Å²) in [5.41, 5.74) is -0.566. The lowest BCUT2D eigenvalue weighted by molar-refractivity contribution is -0.138. The maximum Gasteiger partial charge on any atom is 0.303 e. The topological polar surface area (TPSA) is 77.8 Å². The molecule has 0 aromatic rings. The van der Waals surface area contributed by atoms with Gasteiger partial charge in [-0.1, -0.05) is 0 Å². The summed E-state index contributed by atoms with van der Waals surface area (Å²) < 4.78 is 0. The van der Waals surface area contributed by atoms with Gasteiger partial charge < -0.3 is 15.1 Å². The molecule has 0 saturated heterocycles. The Bertz CT molecular complexity index is 250. The van der Waals surface area contributed by atoms with E-state index in [1.807, 2.05) is 0 Å². The summed E-state index contributed by atoms with van der Waals surface area (Å²) in [5.74, 6) is -0.902. The van der Waals surface area contributed by atoms with E-state index in [-0.39, 0.29) is 18.9 Å². The van der Waals surface area contributed by atoms with E-state index in [1.54, 1.807) is 20.9 Å².